The molecule has 0 aromatic carbocycles. The van der Waals surface area contributed by atoms with Gasteiger partial charge in [0, 0.05) is 19.5 Å². The van der Waals surface area contributed by atoms with E-state index in [0.717, 1.165) is 24.3 Å². The molecule has 1 aliphatic heterocycles. The zero-order valence-corrected chi connectivity index (χ0v) is 10.2. The first-order valence-electron chi connectivity index (χ1n) is 6.38. The van der Waals surface area contributed by atoms with Gasteiger partial charge in [-0.3, -0.25) is 4.79 Å². The predicted molar refractivity (Wildman–Crippen MR) is 61.5 cm³/mol. The molecule has 86 valence electrons. The molecule has 2 unspecified atom stereocenters. The topological polar surface area (TPSA) is 20.3 Å². The zero-order chi connectivity index (χ0) is 11.0. The summed E-state index contributed by atoms with van der Waals surface area (Å²) >= 11 is 0. The summed E-state index contributed by atoms with van der Waals surface area (Å²) in [4.78, 5) is 13.6. The SMILES string of the molecule is CC(=O)N1CCC2CCC[C@@H](C)C2[C@H]1C. The number of fused-ring (bicyclic) bond motifs is 1. The number of hydrogen-bond donors (Lipinski definition) is 0. The lowest BCUT2D eigenvalue weighted by molar-refractivity contribution is -0.136. The zero-order valence-electron chi connectivity index (χ0n) is 10.2. The Bertz CT molecular complexity index is 251. The lowest BCUT2D eigenvalue weighted by atomic mass is 9.66. The third-order valence-corrected chi connectivity index (χ3v) is 4.63. The van der Waals surface area contributed by atoms with E-state index in [9.17, 15) is 4.79 Å². The van der Waals surface area contributed by atoms with Crippen LogP contribution in [0.4, 0.5) is 0 Å². The van der Waals surface area contributed by atoms with Crippen LogP contribution in [0.5, 0.6) is 0 Å². The first-order valence-corrected chi connectivity index (χ1v) is 6.38. The molecule has 1 saturated carbocycles. The second-order valence-corrected chi connectivity index (χ2v) is 5.49. The summed E-state index contributed by atoms with van der Waals surface area (Å²) < 4.78 is 0. The second-order valence-electron chi connectivity index (χ2n) is 5.49. The van der Waals surface area contributed by atoms with Crippen molar-refractivity contribution in [2.75, 3.05) is 6.54 Å². The van der Waals surface area contributed by atoms with E-state index in [1.54, 1.807) is 6.92 Å². The first-order chi connectivity index (χ1) is 7.11. The Morgan fingerprint density at radius 2 is 1.93 bits per heavy atom. The molecular weight excluding hydrogens is 186 g/mol. The van der Waals surface area contributed by atoms with Gasteiger partial charge in [0.1, 0.15) is 0 Å². The average molecular weight is 209 g/mol. The van der Waals surface area contributed by atoms with E-state index >= 15 is 0 Å². The van der Waals surface area contributed by atoms with Crippen molar-refractivity contribution in [3.8, 4) is 0 Å². The van der Waals surface area contributed by atoms with Gasteiger partial charge >= 0.3 is 0 Å². The highest BCUT2D eigenvalue weighted by molar-refractivity contribution is 5.73. The third-order valence-electron chi connectivity index (χ3n) is 4.63. The number of piperidine rings is 1. The summed E-state index contributed by atoms with van der Waals surface area (Å²) in [5.74, 6) is 2.72. The molecule has 0 N–H and O–H groups in total. The summed E-state index contributed by atoms with van der Waals surface area (Å²) in [7, 11) is 0. The molecule has 2 fully saturated rings. The molecule has 1 heterocycles. The quantitative estimate of drug-likeness (QED) is 0.600. The Hall–Kier alpha value is -0.530. The van der Waals surface area contributed by atoms with Gasteiger partial charge in [0.15, 0.2) is 0 Å². The van der Waals surface area contributed by atoms with Gasteiger partial charge in [-0.2, -0.15) is 0 Å². The van der Waals surface area contributed by atoms with Gasteiger partial charge in [0.2, 0.25) is 5.91 Å². The van der Waals surface area contributed by atoms with Crippen LogP contribution in [0.3, 0.4) is 0 Å². The minimum Gasteiger partial charge on any atom is -0.340 e. The molecular formula is C13H23NO. The molecule has 4 atom stereocenters. The minimum absolute atomic E-state index is 0.263. The van der Waals surface area contributed by atoms with Crippen molar-refractivity contribution in [2.45, 2.75) is 52.5 Å². The minimum atomic E-state index is 0.263. The molecule has 0 aromatic heterocycles. The smallest absolute Gasteiger partial charge is 0.219 e. The van der Waals surface area contributed by atoms with Crippen LogP contribution in [-0.2, 0) is 4.79 Å². The Morgan fingerprint density at radius 1 is 1.20 bits per heavy atom. The van der Waals surface area contributed by atoms with Gasteiger partial charge in [-0.05, 0) is 31.1 Å². The molecule has 0 spiro atoms. The fourth-order valence-corrected chi connectivity index (χ4v) is 3.92. The van der Waals surface area contributed by atoms with E-state index in [1.165, 1.54) is 25.7 Å². The van der Waals surface area contributed by atoms with Crippen molar-refractivity contribution in [1.82, 2.24) is 4.90 Å². The van der Waals surface area contributed by atoms with Crippen LogP contribution in [-0.4, -0.2) is 23.4 Å². The van der Waals surface area contributed by atoms with E-state index in [1.807, 2.05) is 0 Å². The molecule has 2 rings (SSSR count). The van der Waals surface area contributed by atoms with Gasteiger partial charge in [-0.25, -0.2) is 0 Å². The molecule has 1 saturated heterocycles. The van der Waals surface area contributed by atoms with Gasteiger partial charge in [-0.15, -0.1) is 0 Å². The molecule has 2 heteroatoms. The second kappa shape index (κ2) is 4.15. The highest BCUT2D eigenvalue weighted by Gasteiger charge is 2.40. The largest absolute Gasteiger partial charge is 0.340 e. The number of carbonyl (C=O) groups is 1. The van der Waals surface area contributed by atoms with Crippen molar-refractivity contribution in [3.63, 3.8) is 0 Å². The van der Waals surface area contributed by atoms with Gasteiger partial charge in [-0.1, -0.05) is 26.2 Å². The number of nitrogens with zero attached hydrogens (tertiary/aromatic N) is 1. The fraction of sp³-hybridized carbons (Fsp3) is 0.923. The molecule has 2 aliphatic rings. The van der Waals surface area contributed by atoms with Crippen molar-refractivity contribution in [2.24, 2.45) is 17.8 Å². The average Bonchev–Trinajstić information content (AvgIpc) is 2.17. The summed E-state index contributed by atoms with van der Waals surface area (Å²) in [6.45, 7) is 7.33. The van der Waals surface area contributed by atoms with Crippen LogP contribution < -0.4 is 0 Å². The fourth-order valence-electron chi connectivity index (χ4n) is 3.92. The van der Waals surface area contributed by atoms with Crippen molar-refractivity contribution in [3.05, 3.63) is 0 Å². The van der Waals surface area contributed by atoms with Crippen LogP contribution in [0.15, 0.2) is 0 Å². The maximum Gasteiger partial charge on any atom is 0.219 e. The maximum atomic E-state index is 11.5. The highest BCUT2D eigenvalue weighted by Crippen LogP contribution is 2.42. The Kier molecular flexibility index (Phi) is 3.03. The van der Waals surface area contributed by atoms with E-state index in [-0.39, 0.29) is 5.91 Å². The normalized spacial score (nSPS) is 41.1. The van der Waals surface area contributed by atoms with Crippen LogP contribution in [0.1, 0.15) is 46.5 Å². The summed E-state index contributed by atoms with van der Waals surface area (Å²) in [5.41, 5.74) is 0. The van der Waals surface area contributed by atoms with Crippen LogP contribution >= 0.6 is 0 Å². The monoisotopic (exact) mass is 209 g/mol. The molecule has 1 amide bonds. The standard InChI is InChI=1S/C13H23NO/c1-9-5-4-6-12-7-8-14(11(3)15)10(2)13(9)12/h9-10,12-13H,4-8H2,1-3H3/t9-,10-,12?,13?/m1/s1. The van der Waals surface area contributed by atoms with Crippen LogP contribution in [0, 0.1) is 17.8 Å². The maximum absolute atomic E-state index is 11.5. The number of likely N-dealkylation sites (tertiary alicyclic amines) is 1. The van der Waals surface area contributed by atoms with E-state index in [0.29, 0.717) is 6.04 Å². The highest BCUT2D eigenvalue weighted by atomic mass is 16.2. The summed E-state index contributed by atoms with van der Waals surface area (Å²) in [6, 6.07) is 0.469. The third kappa shape index (κ3) is 1.91. The summed E-state index contributed by atoms with van der Waals surface area (Å²) in [6.07, 6.45) is 5.39. The molecule has 2 nitrogen and oxygen atoms in total. The Labute approximate surface area is 93.0 Å². The van der Waals surface area contributed by atoms with Crippen LogP contribution in [0.25, 0.3) is 0 Å². The number of amides is 1. The van der Waals surface area contributed by atoms with Gasteiger partial charge in [0.05, 0.1) is 0 Å². The van der Waals surface area contributed by atoms with Crippen molar-refractivity contribution in [1.29, 1.82) is 0 Å². The molecule has 0 aromatic rings. The molecule has 0 bridgehead atoms. The van der Waals surface area contributed by atoms with Gasteiger partial charge in [0.25, 0.3) is 0 Å². The van der Waals surface area contributed by atoms with E-state index < -0.39 is 0 Å². The number of carbonyl (C=O) groups excluding carboxylic acids is 1. The Morgan fingerprint density at radius 3 is 2.60 bits per heavy atom. The molecule has 0 radical (unpaired) electrons. The van der Waals surface area contributed by atoms with E-state index in [4.69, 9.17) is 0 Å². The molecule has 1 aliphatic carbocycles. The van der Waals surface area contributed by atoms with Gasteiger partial charge < -0.3 is 4.90 Å². The van der Waals surface area contributed by atoms with Crippen LogP contribution in [0.2, 0.25) is 0 Å². The van der Waals surface area contributed by atoms with Crippen molar-refractivity contribution < 1.29 is 4.79 Å². The Balaban J connectivity index is 2.13. The summed E-state index contributed by atoms with van der Waals surface area (Å²) in [5, 5.41) is 0. The number of hydrogen-bond acceptors (Lipinski definition) is 1. The van der Waals surface area contributed by atoms with E-state index in [2.05, 4.69) is 18.7 Å². The lowest BCUT2D eigenvalue weighted by Gasteiger charge is -2.49. The number of rotatable bonds is 0. The van der Waals surface area contributed by atoms with Crippen molar-refractivity contribution >= 4 is 5.91 Å². The molecule has 15 heavy (non-hydrogen) atoms. The first kappa shape index (κ1) is 11.0. The lowest BCUT2D eigenvalue weighted by Crippen LogP contribution is -2.52. The predicted octanol–water partition coefficient (Wildman–Crippen LogP) is 2.68.